The van der Waals surface area contributed by atoms with E-state index in [0.29, 0.717) is 17.9 Å². The highest BCUT2D eigenvalue weighted by molar-refractivity contribution is 7.13. The van der Waals surface area contributed by atoms with E-state index in [0.717, 1.165) is 58.1 Å². The Balaban J connectivity index is 1.57. The standard InChI is InChI=1S/C38H41N3O2S/c1-5-7-24-41(25-8-6-2)31-16-14-30(37(26-31)42-28-29-12-10-9-11-13-29)15-17-32-18-19-33(44-32)20-21-35-34(27-40)36(22-23-39)43-38(35,3)4/h9-22,26H,5-8,24-25,28H2,1-4H3/b17-15+,21-20+,36-22+. The SMILES string of the molecule is CCCCN(CCCC)c1ccc(/C=C/c2ccc(/C=C/C3=C(C#N)C(=C\C#N)/OC3(C)C)s2)c(OCc2ccccc2)c1. The molecule has 226 valence electrons. The highest BCUT2D eigenvalue weighted by Crippen LogP contribution is 2.39. The van der Waals surface area contributed by atoms with E-state index in [4.69, 9.17) is 14.7 Å². The largest absolute Gasteiger partial charge is 0.488 e. The molecule has 1 aromatic heterocycles. The molecule has 0 radical (unpaired) electrons. The van der Waals surface area contributed by atoms with Gasteiger partial charge in [-0.1, -0.05) is 63.1 Å². The Labute approximate surface area is 266 Å². The maximum atomic E-state index is 9.70. The van der Waals surface area contributed by atoms with Crippen LogP contribution in [0.1, 0.15) is 74.3 Å². The van der Waals surface area contributed by atoms with Crippen LogP contribution in [-0.2, 0) is 11.3 Å². The van der Waals surface area contributed by atoms with E-state index in [1.165, 1.54) is 24.6 Å². The number of nitriles is 2. The third kappa shape index (κ3) is 8.53. The molecule has 0 unspecified atom stereocenters. The van der Waals surface area contributed by atoms with E-state index in [2.05, 4.69) is 79.4 Å². The molecule has 0 aliphatic carbocycles. The summed E-state index contributed by atoms with van der Waals surface area (Å²) in [6.07, 6.45) is 14.1. The lowest BCUT2D eigenvalue weighted by Crippen LogP contribution is -2.25. The summed E-state index contributed by atoms with van der Waals surface area (Å²) < 4.78 is 12.3. The third-order valence-corrected chi connectivity index (χ3v) is 8.50. The van der Waals surface area contributed by atoms with Gasteiger partial charge >= 0.3 is 0 Å². The molecule has 0 amide bonds. The lowest BCUT2D eigenvalue weighted by molar-refractivity contribution is 0.0964. The zero-order valence-corrected chi connectivity index (χ0v) is 27.0. The van der Waals surface area contributed by atoms with Crippen molar-refractivity contribution in [3.05, 3.63) is 111 Å². The molecule has 1 aliphatic heterocycles. The fraction of sp³-hybridized carbons (Fsp3) is 0.316. The van der Waals surface area contributed by atoms with E-state index in [-0.39, 0.29) is 0 Å². The van der Waals surface area contributed by atoms with Crippen LogP contribution in [-0.4, -0.2) is 18.7 Å². The monoisotopic (exact) mass is 603 g/mol. The minimum Gasteiger partial charge on any atom is -0.488 e. The minimum absolute atomic E-state index is 0.324. The first kappa shape index (κ1) is 32.4. The smallest absolute Gasteiger partial charge is 0.149 e. The number of benzene rings is 2. The summed E-state index contributed by atoms with van der Waals surface area (Å²) in [5, 5.41) is 18.8. The summed E-state index contributed by atoms with van der Waals surface area (Å²) in [5.74, 6) is 1.20. The van der Waals surface area contributed by atoms with Crippen LogP contribution >= 0.6 is 11.3 Å². The summed E-state index contributed by atoms with van der Waals surface area (Å²) in [5.41, 5.74) is 3.85. The molecule has 0 bridgehead atoms. The van der Waals surface area contributed by atoms with Crippen LogP contribution in [0.3, 0.4) is 0 Å². The number of allylic oxidation sites excluding steroid dienone is 2. The van der Waals surface area contributed by atoms with Gasteiger partial charge in [-0.2, -0.15) is 10.5 Å². The van der Waals surface area contributed by atoms with Gasteiger partial charge in [-0.25, -0.2) is 0 Å². The first-order valence-corrected chi connectivity index (χ1v) is 16.2. The van der Waals surface area contributed by atoms with E-state index in [9.17, 15) is 5.26 Å². The first-order valence-electron chi connectivity index (χ1n) is 15.3. The van der Waals surface area contributed by atoms with Gasteiger partial charge in [-0.05, 0) is 74.7 Å². The molecule has 0 atom stereocenters. The van der Waals surface area contributed by atoms with Crippen LogP contribution in [0.25, 0.3) is 18.2 Å². The molecule has 44 heavy (non-hydrogen) atoms. The second-order valence-electron chi connectivity index (χ2n) is 11.2. The number of thiophene rings is 1. The Morgan fingerprint density at radius 3 is 2.20 bits per heavy atom. The summed E-state index contributed by atoms with van der Waals surface area (Å²) in [4.78, 5) is 4.65. The van der Waals surface area contributed by atoms with E-state index in [1.807, 2.05) is 50.3 Å². The van der Waals surface area contributed by atoms with Gasteiger partial charge in [0.05, 0.1) is 12.1 Å². The zero-order chi connectivity index (χ0) is 31.4. The summed E-state index contributed by atoms with van der Waals surface area (Å²) in [6, 6.07) is 25.2. The average molecular weight is 604 g/mol. The van der Waals surface area contributed by atoms with Crippen molar-refractivity contribution in [2.45, 2.75) is 65.6 Å². The number of unbranched alkanes of at least 4 members (excludes halogenated alkanes) is 2. The Morgan fingerprint density at radius 1 is 0.886 bits per heavy atom. The molecule has 5 nitrogen and oxygen atoms in total. The molecular formula is C38H41N3O2S. The molecule has 3 aromatic rings. The normalized spacial score (nSPS) is 15.1. The molecule has 2 heterocycles. The van der Waals surface area contributed by atoms with Crippen molar-refractivity contribution in [2.24, 2.45) is 0 Å². The Bertz CT molecular complexity index is 1610. The quantitative estimate of drug-likeness (QED) is 0.172. The Hall–Kier alpha value is -4.52. The fourth-order valence-electron chi connectivity index (χ4n) is 5.04. The minimum atomic E-state index is -0.685. The number of anilines is 1. The predicted octanol–water partition coefficient (Wildman–Crippen LogP) is 9.95. The van der Waals surface area contributed by atoms with Crippen molar-refractivity contribution in [2.75, 3.05) is 18.0 Å². The van der Waals surface area contributed by atoms with E-state index in [1.54, 1.807) is 11.3 Å². The van der Waals surface area contributed by atoms with Gasteiger partial charge in [0, 0.05) is 45.7 Å². The maximum Gasteiger partial charge on any atom is 0.149 e. The van der Waals surface area contributed by atoms with E-state index >= 15 is 0 Å². The van der Waals surface area contributed by atoms with Gasteiger partial charge in [-0.3, -0.25) is 0 Å². The van der Waals surface area contributed by atoms with Crippen molar-refractivity contribution in [1.82, 2.24) is 0 Å². The van der Waals surface area contributed by atoms with Gasteiger partial charge in [-0.15, -0.1) is 11.3 Å². The highest BCUT2D eigenvalue weighted by atomic mass is 32.1. The van der Waals surface area contributed by atoms with Gasteiger partial charge in [0.15, 0.2) is 0 Å². The highest BCUT2D eigenvalue weighted by Gasteiger charge is 2.36. The van der Waals surface area contributed by atoms with Gasteiger partial charge in [0.2, 0.25) is 0 Å². The second kappa shape index (κ2) is 15.8. The molecule has 2 aromatic carbocycles. The van der Waals surface area contributed by atoms with Crippen LogP contribution in [0, 0.1) is 22.7 Å². The maximum absolute atomic E-state index is 9.70. The van der Waals surface area contributed by atoms with Crippen molar-refractivity contribution < 1.29 is 9.47 Å². The van der Waals surface area contributed by atoms with Crippen molar-refractivity contribution in [3.8, 4) is 17.9 Å². The third-order valence-electron chi connectivity index (χ3n) is 7.49. The number of hydrogen-bond donors (Lipinski definition) is 0. The van der Waals surface area contributed by atoms with Crippen LogP contribution < -0.4 is 9.64 Å². The number of rotatable bonds is 14. The second-order valence-corrected chi connectivity index (χ2v) is 12.4. The molecular weight excluding hydrogens is 563 g/mol. The Kier molecular flexibility index (Phi) is 11.6. The number of ether oxygens (including phenoxy) is 2. The number of nitrogens with zero attached hydrogens (tertiary/aromatic N) is 3. The molecule has 6 heteroatoms. The summed E-state index contributed by atoms with van der Waals surface area (Å²) in [6.45, 7) is 10.9. The van der Waals surface area contributed by atoms with Gasteiger partial charge in [0.25, 0.3) is 0 Å². The van der Waals surface area contributed by atoms with Crippen molar-refractivity contribution in [3.63, 3.8) is 0 Å². The molecule has 0 saturated heterocycles. The average Bonchev–Trinajstić information content (AvgIpc) is 3.58. The molecule has 1 aliphatic rings. The molecule has 0 N–H and O–H groups in total. The van der Waals surface area contributed by atoms with Crippen LogP contribution in [0.15, 0.2) is 89.7 Å². The lowest BCUT2D eigenvalue weighted by atomic mass is 9.95. The molecule has 0 fully saturated rings. The number of hydrogen-bond acceptors (Lipinski definition) is 6. The predicted molar refractivity (Wildman–Crippen MR) is 183 cm³/mol. The van der Waals surface area contributed by atoms with Crippen molar-refractivity contribution in [1.29, 1.82) is 10.5 Å². The molecule has 4 rings (SSSR count). The topological polar surface area (TPSA) is 69.3 Å². The fourth-order valence-corrected chi connectivity index (χ4v) is 5.86. The van der Waals surface area contributed by atoms with Crippen LogP contribution in [0.5, 0.6) is 5.75 Å². The summed E-state index contributed by atoms with van der Waals surface area (Å²) in [7, 11) is 0. The first-order chi connectivity index (χ1) is 21.4. The molecule has 0 saturated carbocycles. The van der Waals surface area contributed by atoms with Crippen molar-refractivity contribution >= 4 is 35.3 Å². The van der Waals surface area contributed by atoms with Gasteiger partial charge in [0.1, 0.15) is 35.4 Å². The lowest BCUT2D eigenvalue weighted by Gasteiger charge is -2.25. The van der Waals surface area contributed by atoms with E-state index < -0.39 is 5.60 Å². The summed E-state index contributed by atoms with van der Waals surface area (Å²) >= 11 is 1.66. The molecule has 0 spiro atoms. The van der Waals surface area contributed by atoms with Gasteiger partial charge < -0.3 is 14.4 Å². The zero-order valence-electron chi connectivity index (χ0n) is 26.2. The Morgan fingerprint density at radius 2 is 1.57 bits per heavy atom. The van der Waals surface area contributed by atoms with Crippen LogP contribution in [0.2, 0.25) is 0 Å². The van der Waals surface area contributed by atoms with Crippen LogP contribution in [0.4, 0.5) is 5.69 Å².